The number of benzene rings is 2. The SMILES string of the molecule is CCOC(=O)c1cc(NC(=O)C2(c3ccc(F)cc3F)CC2)cc(F)c1-c1cnn(C2CCC2)c1. The maximum absolute atomic E-state index is 15.4. The molecule has 0 unspecified atom stereocenters. The largest absolute Gasteiger partial charge is 0.462 e. The molecule has 2 aliphatic carbocycles. The van der Waals surface area contributed by atoms with Gasteiger partial charge in [-0.15, -0.1) is 0 Å². The van der Waals surface area contributed by atoms with Crippen molar-refractivity contribution in [1.82, 2.24) is 9.78 Å². The van der Waals surface area contributed by atoms with Crippen molar-refractivity contribution in [3.05, 3.63) is 71.3 Å². The van der Waals surface area contributed by atoms with E-state index in [4.69, 9.17) is 4.74 Å². The van der Waals surface area contributed by atoms with Crippen LogP contribution in [0, 0.1) is 17.5 Å². The maximum atomic E-state index is 15.4. The summed E-state index contributed by atoms with van der Waals surface area (Å²) in [6.45, 7) is 1.73. The number of nitrogens with zero attached hydrogens (tertiary/aromatic N) is 2. The Labute approximate surface area is 200 Å². The van der Waals surface area contributed by atoms with E-state index in [1.807, 2.05) is 0 Å². The fraction of sp³-hybridized carbons (Fsp3) is 0.346. The molecule has 0 radical (unpaired) electrons. The number of hydrogen-bond acceptors (Lipinski definition) is 4. The van der Waals surface area contributed by atoms with Crippen LogP contribution in [0.3, 0.4) is 0 Å². The predicted octanol–water partition coefficient (Wildman–Crippen LogP) is 5.54. The summed E-state index contributed by atoms with van der Waals surface area (Å²) in [4.78, 5) is 25.8. The first-order valence-corrected chi connectivity index (χ1v) is 11.6. The maximum Gasteiger partial charge on any atom is 0.338 e. The highest BCUT2D eigenvalue weighted by atomic mass is 19.1. The van der Waals surface area contributed by atoms with Crippen molar-refractivity contribution >= 4 is 17.6 Å². The van der Waals surface area contributed by atoms with Gasteiger partial charge in [0.15, 0.2) is 0 Å². The Balaban J connectivity index is 1.47. The molecule has 2 saturated carbocycles. The molecule has 9 heteroatoms. The third-order valence-corrected chi connectivity index (χ3v) is 6.81. The lowest BCUT2D eigenvalue weighted by Crippen LogP contribution is -2.29. The number of anilines is 1. The monoisotopic (exact) mass is 483 g/mol. The molecule has 0 spiro atoms. The van der Waals surface area contributed by atoms with Crippen LogP contribution >= 0.6 is 0 Å². The summed E-state index contributed by atoms with van der Waals surface area (Å²) in [7, 11) is 0. The van der Waals surface area contributed by atoms with Crippen molar-refractivity contribution in [2.75, 3.05) is 11.9 Å². The van der Waals surface area contributed by atoms with Crippen molar-refractivity contribution in [1.29, 1.82) is 0 Å². The van der Waals surface area contributed by atoms with E-state index in [1.165, 1.54) is 18.3 Å². The minimum absolute atomic E-state index is 0.0396. The van der Waals surface area contributed by atoms with Gasteiger partial charge in [0, 0.05) is 34.6 Å². The Hall–Kier alpha value is -3.62. The third kappa shape index (κ3) is 4.19. The highest BCUT2D eigenvalue weighted by Gasteiger charge is 2.53. The van der Waals surface area contributed by atoms with Gasteiger partial charge in [0.1, 0.15) is 17.5 Å². The standard InChI is InChI=1S/C26H24F3N3O3/c1-2-35-24(33)19-11-17(12-22(29)23(19)15-13-30-32(14-15)18-4-3-5-18)31-25(34)26(8-9-26)20-7-6-16(27)10-21(20)28/h6-7,10-14,18H,2-5,8-9H2,1H3,(H,31,34). The van der Waals surface area contributed by atoms with Gasteiger partial charge in [-0.2, -0.15) is 5.10 Å². The van der Waals surface area contributed by atoms with Crippen LogP contribution in [0.4, 0.5) is 18.9 Å². The van der Waals surface area contributed by atoms with E-state index in [1.54, 1.807) is 17.8 Å². The lowest BCUT2D eigenvalue weighted by Gasteiger charge is -2.25. The number of nitrogens with one attached hydrogen (secondary N) is 1. The van der Waals surface area contributed by atoms with Crippen molar-refractivity contribution in [3.8, 4) is 11.1 Å². The summed E-state index contributed by atoms with van der Waals surface area (Å²) >= 11 is 0. The molecule has 1 aromatic heterocycles. The Morgan fingerprint density at radius 3 is 2.54 bits per heavy atom. The number of esters is 1. The van der Waals surface area contributed by atoms with Crippen LogP contribution in [0.1, 0.15) is 61.0 Å². The molecule has 2 fully saturated rings. The van der Waals surface area contributed by atoms with Crippen LogP contribution in [0.25, 0.3) is 11.1 Å². The quantitative estimate of drug-likeness (QED) is 0.448. The summed E-state index contributed by atoms with van der Waals surface area (Å²) in [5.74, 6) is -3.56. The van der Waals surface area contributed by atoms with Crippen LogP contribution in [0.15, 0.2) is 42.7 Å². The van der Waals surface area contributed by atoms with Gasteiger partial charge >= 0.3 is 5.97 Å². The molecule has 2 aliphatic rings. The van der Waals surface area contributed by atoms with Crippen molar-refractivity contribution in [2.24, 2.45) is 0 Å². The molecule has 2 aromatic carbocycles. The van der Waals surface area contributed by atoms with Crippen LogP contribution < -0.4 is 5.32 Å². The van der Waals surface area contributed by atoms with Gasteiger partial charge in [-0.25, -0.2) is 18.0 Å². The van der Waals surface area contributed by atoms with Gasteiger partial charge < -0.3 is 10.1 Å². The Morgan fingerprint density at radius 2 is 1.91 bits per heavy atom. The first-order chi connectivity index (χ1) is 16.8. The molecule has 1 heterocycles. The van der Waals surface area contributed by atoms with E-state index in [0.717, 1.165) is 37.5 Å². The first-order valence-electron chi connectivity index (χ1n) is 11.6. The van der Waals surface area contributed by atoms with E-state index in [0.29, 0.717) is 18.4 Å². The smallest absolute Gasteiger partial charge is 0.338 e. The molecular weight excluding hydrogens is 459 g/mol. The molecular formula is C26H24F3N3O3. The molecule has 182 valence electrons. The van der Waals surface area contributed by atoms with Crippen LogP contribution in [-0.4, -0.2) is 28.3 Å². The number of carbonyl (C=O) groups is 2. The number of aromatic nitrogens is 2. The van der Waals surface area contributed by atoms with Gasteiger partial charge in [0.2, 0.25) is 5.91 Å². The third-order valence-electron chi connectivity index (χ3n) is 6.81. The van der Waals surface area contributed by atoms with E-state index >= 15 is 4.39 Å². The lowest BCUT2D eigenvalue weighted by atomic mass is 9.93. The molecule has 0 aliphatic heterocycles. The van der Waals surface area contributed by atoms with Gasteiger partial charge in [0.25, 0.3) is 0 Å². The molecule has 35 heavy (non-hydrogen) atoms. The van der Waals surface area contributed by atoms with Gasteiger partial charge in [-0.1, -0.05) is 6.07 Å². The lowest BCUT2D eigenvalue weighted by molar-refractivity contribution is -0.118. The second-order valence-corrected chi connectivity index (χ2v) is 9.06. The Morgan fingerprint density at radius 1 is 1.14 bits per heavy atom. The zero-order valence-corrected chi connectivity index (χ0v) is 19.1. The minimum atomic E-state index is -1.17. The highest BCUT2D eigenvalue weighted by molar-refractivity contribution is 6.04. The van der Waals surface area contributed by atoms with Crippen molar-refractivity contribution in [3.63, 3.8) is 0 Å². The zero-order valence-electron chi connectivity index (χ0n) is 19.1. The normalized spacial score (nSPS) is 16.5. The van der Waals surface area contributed by atoms with E-state index in [-0.39, 0.29) is 35.0 Å². The topological polar surface area (TPSA) is 73.2 Å². The number of rotatable bonds is 7. The first kappa shape index (κ1) is 23.1. The average molecular weight is 483 g/mol. The number of amides is 1. The van der Waals surface area contributed by atoms with Crippen LogP contribution in [0.5, 0.6) is 0 Å². The minimum Gasteiger partial charge on any atom is -0.462 e. The van der Waals surface area contributed by atoms with E-state index in [9.17, 15) is 18.4 Å². The van der Waals surface area contributed by atoms with Crippen molar-refractivity contribution < 1.29 is 27.5 Å². The summed E-state index contributed by atoms with van der Waals surface area (Å²) in [6, 6.07) is 5.82. The molecule has 0 bridgehead atoms. The van der Waals surface area contributed by atoms with Crippen molar-refractivity contribution in [2.45, 2.75) is 50.5 Å². The second-order valence-electron chi connectivity index (χ2n) is 9.06. The summed E-state index contributed by atoms with van der Waals surface area (Å²) < 4.78 is 50.0. The summed E-state index contributed by atoms with van der Waals surface area (Å²) in [6.07, 6.45) is 7.05. The highest BCUT2D eigenvalue weighted by Crippen LogP contribution is 2.50. The average Bonchev–Trinajstić information content (AvgIpc) is 3.44. The second kappa shape index (κ2) is 8.87. The number of hydrogen-bond donors (Lipinski definition) is 1. The van der Waals surface area contributed by atoms with E-state index < -0.39 is 34.7 Å². The molecule has 6 nitrogen and oxygen atoms in total. The molecule has 3 aromatic rings. The molecule has 0 atom stereocenters. The fourth-order valence-electron chi connectivity index (χ4n) is 4.53. The molecule has 1 amide bonds. The molecule has 1 N–H and O–H groups in total. The number of carbonyl (C=O) groups excluding carboxylic acids is 2. The zero-order chi connectivity index (χ0) is 24.7. The number of ether oxygens (including phenoxy) is 1. The van der Waals surface area contributed by atoms with Crippen LogP contribution in [-0.2, 0) is 14.9 Å². The molecule has 5 rings (SSSR count). The Bertz CT molecular complexity index is 1310. The predicted molar refractivity (Wildman–Crippen MR) is 122 cm³/mol. The van der Waals surface area contributed by atoms with Gasteiger partial charge in [0.05, 0.1) is 29.8 Å². The van der Waals surface area contributed by atoms with E-state index in [2.05, 4.69) is 10.4 Å². The summed E-state index contributed by atoms with van der Waals surface area (Å²) in [5, 5.41) is 6.94. The Kier molecular flexibility index (Phi) is 5.86. The summed E-state index contributed by atoms with van der Waals surface area (Å²) in [5.41, 5.74) is -0.615. The number of halogens is 3. The molecule has 0 saturated heterocycles. The van der Waals surface area contributed by atoms with Gasteiger partial charge in [-0.3, -0.25) is 9.48 Å². The van der Waals surface area contributed by atoms with Crippen LogP contribution in [0.2, 0.25) is 0 Å². The fourth-order valence-corrected chi connectivity index (χ4v) is 4.53. The van der Waals surface area contributed by atoms with Gasteiger partial charge in [-0.05, 0) is 57.2 Å².